The van der Waals surface area contributed by atoms with Crippen molar-refractivity contribution in [3.8, 4) is 0 Å². The van der Waals surface area contributed by atoms with Crippen molar-refractivity contribution >= 4 is 11.9 Å². The van der Waals surface area contributed by atoms with Crippen LogP contribution in [0.3, 0.4) is 0 Å². The number of halogens is 3. The molecule has 1 atom stereocenters. The van der Waals surface area contributed by atoms with Gasteiger partial charge in [-0.05, 0) is 29.8 Å². The van der Waals surface area contributed by atoms with Crippen LogP contribution < -0.4 is 5.32 Å². The molecule has 0 saturated heterocycles. The number of benzene rings is 1. The van der Waals surface area contributed by atoms with Gasteiger partial charge in [0.1, 0.15) is 0 Å². The molecular weight excluding hydrogens is 409 g/mol. The van der Waals surface area contributed by atoms with Crippen molar-refractivity contribution in [1.29, 1.82) is 0 Å². The van der Waals surface area contributed by atoms with E-state index in [0.717, 1.165) is 12.1 Å². The average Bonchev–Trinajstić information content (AvgIpc) is 3.06. The Hall–Kier alpha value is -3.62. The number of hydrogen-bond acceptors (Lipinski definition) is 3. The first-order chi connectivity index (χ1) is 14.8. The molecule has 31 heavy (non-hydrogen) atoms. The first kappa shape index (κ1) is 20.6. The van der Waals surface area contributed by atoms with Crippen LogP contribution in [0, 0.1) is 0 Å². The van der Waals surface area contributed by atoms with Gasteiger partial charge < -0.3 is 10.2 Å². The highest BCUT2D eigenvalue weighted by atomic mass is 19.4. The van der Waals surface area contributed by atoms with Gasteiger partial charge in [0, 0.05) is 12.7 Å². The van der Waals surface area contributed by atoms with Crippen LogP contribution in [0.5, 0.6) is 0 Å². The van der Waals surface area contributed by atoms with Gasteiger partial charge in [-0.3, -0.25) is 14.7 Å². The summed E-state index contributed by atoms with van der Waals surface area (Å²) in [4.78, 5) is 33.2. The summed E-state index contributed by atoms with van der Waals surface area (Å²) < 4.78 is 38.8. The Balaban J connectivity index is 1.69. The first-order valence-electron chi connectivity index (χ1n) is 9.58. The standard InChI is InChI=1S/C22H19F3N4O2/c1-2-11-29-17-13-28(12-16-5-3-4-10-26-16)20(30)18(17)19(27-21(29)31)14-6-8-15(9-7-14)22(23,24)25/h2-10,19H,1,11-13H2,(H,27,31)/t19-/m0/s1. The molecule has 2 aliphatic rings. The molecule has 0 bridgehead atoms. The monoisotopic (exact) mass is 428 g/mol. The number of hydrogen-bond donors (Lipinski definition) is 1. The highest BCUT2D eigenvalue weighted by molar-refractivity contribution is 6.01. The second kappa shape index (κ2) is 7.90. The van der Waals surface area contributed by atoms with Crippen molar-refractivity contribution in [3.05, 3.63) is 89.4 Å². The smallest absolute Gasteiger partial charge is 0.327 e. The fraction of sp³-hybridized carbons (Fsp3) is 0.227. The molecule has 3 heterocycles. The Morgan fingerprint density at radius 1 is 1.16 bits per heavy atom. The molecular formula is C22H19F3N4O2. The molecule has 6 nitrogen and oxygen atoms in total. The van der Waals surface area contributed by atoms with Crippen LogP contribution in [0.4, 0.5) is 18.0 Å². The van der Waals surface area contributed by atoms with Crippen LogP contribution >= 0.6 is 0 Å². The lowest BCUT2D eigenvalue weighted by Crippen LogP contribution is -2.47. The first-order valence-corrected chi connectivity index (χ1v) is 9.58. The SMILES string of the molecule is C=CCN1C(=O)N[C@@H](c2ccc(C(F)(F)F)cc2)C2=C1CN(Cc1ccccn1)C2=O. The summed E-state index contributed by atoms with van der Waals surface area (Å²) in [7, 11) is 0. The zero-order valence-corrected chi connectivity index (χ0v) is 16.4. The lowest BCUT2D eigenvalue weighted by Gasteiger charge is -2.33. The van der Waals surface area contributed by atoms with Gasteiger partial charge in [-0.25, -0.2) is 4.79 Å². The van der Waals surface area contributed by atoms with E-state index < -0.39 is 23.8 Å². The Morgan fingerprint density at radius 3 is 2.52 bits per heavy atom. The number of nitrogens with zero attached hydrogens (tertiary/aromatic N) is 3. The van der Waals surface area contributed by atoms with E-state index in [0.29, 0.717) is 22.5 Å². The summed E-state index contributed by atoms with van der Waals surface area (Å²) >= 11 is 0. The van der Waals surface area contributed by atoms with Crippen molar-refractivity contribution in [2.75, 3.05) is 13.1 Å². The summed E-state index contributed by atoms with van der Waals surface area (Å²) in [5.41, 5.74) is 1.17. The Kier molecular flexibility index (Phi) is 5.26. The zero-order chi connectivity index (χ0) is 22.2. The largest absolute Gasteiger partial charge is 0.416 e. The van der Waals surface area contributed by atoms with E-state index in [4.69, 9.17) is 0 Å². The third-order valence-corrected chi connectivity index (χ3v) is 5.26. The average molecular weight is 428 g/mol. The molecule has 1 aromatic carbocycles. The molecule has 0 radical (unpaired) electrons. The van der Waals surface area contributed by atoms with Crippen molar-refractivity contribution in [3.63, 3.8) is 0 Å². The number of pyridine rings is 1. The Labute approximate surface area is 176 Å². The van der Waals surface area contributed by atoms with E-state index in [1.165, 1.54) is 17.0 Å². The molecule has 0 unspecified atom stereocenters. The molecule has 2 aromatic rings. The van der Waals surface area contributed by atoms with Crippen LogP contribution in [0.2, 0.25) is 0 Å². The van der Waals surface area contributed by atoms with Gasteiger partial charge in [0.25, 0.3) is 5.91 Å². The molecule has 160 valence electrons. The van der Waals surface area contributed by atoms with E-state index in [1.54, 1.807) is 29.3 Å². The van der Waals surface area contributed by atoms with Crippen LogP contribution in [-0.4, -0.2) is 39.8 Å². The quantitative estimate of drug-likeness (QED) is 0.740. The molecule has 0 saturated carbocycles. The Morgan fingerprint density at radius 2 is 1.90 bits per heavy atom. The van der Waals surface area contributed by atoms with E-state index in [-0.39, 0.29) is 25.5 Å². The number of amides is 3. The van der Waals surface area contributed by atoms with E-state index in [1.807, 2.05) is 6.07 Å². The maximum absolute atomic E-state index is 13.3. The van der Waals surface area contributed by atoms with Crippen LogP contribution in [-0.2, 0) is 17.5 Å². The molecule has 3 amide bonds. The maximum atomic E-state index is 13.3. The van der Waals surface area contributed by atoms with Crippen molar-refractivity contribution in [1.82, 2.24) is 20.1 Å². The van der Waals surface area contributed by atoms with Gasteiger partial charge in [-0.1, -0.05) is 24.3 Å². The number of carbonyl (C=O) groups is 2. The summed E-state index contributed by atoms with van der Waals surface area (Å²) in [6.07, 6.45) is -1.29. The molecule has 0 aliphatic carbocycles. The van der Waals surface area contributed by atoms with Crippen LogP contribution in [0.1, 0.15) is 22.9 Å². The second-order valence-corrected chi connectivity index (χ2v) is 7.24. The van der Waals surface area contributed by atoms with E-state index in [9.17, 15) is 22.8 Å². The van der Waals surface area contributed by atoms with Gasteiger partial charge in [-0.2, -0.15) is 13.2 Å². The van der Waals surface area contributed by atoms with Gasteiger partial charge in [0.2, 0.25) is 0 Å². The second-order valence-electron chi connectivity index (χ2n) is 7.24. The fourth-order valence-electron chi connectivity index (χ4n) is 3.80. The van der Waals surface area contributed by atoms with E-state index >= 15 is 0 Å². The summed E-state index contributed by atoms with van der Waals surface area (Å²) in [5, 5.41) is 2.75. The third-order valence-electron chi connectivity index (χ3n) is 5.26. The lowest BCUT2D eigenvalue weighted by molar-refractivity contribution is -0.137. The fourth-order valence-corrected chi connectivity index (χ4v) is 3.80. The highest BCUT2D eigenvalue weighted by Gasteiger charge is 2.44. The van der Waals surface area contributed by atoms with Crippen molar-refractivity contribution < 1.29 is 22.8 Å². The number of rotatable bonds is 5. The lowest BCUT2D eigenvalue weighted by atomic mass is 9.94. The number of aromatic nitrogens is 1. The topological polar surface area (TPSA) is 65.5 Å². The molecule has 1 N–H and O–H groups in total. The molecule has 9 heteroatoms. The third kappa shape index (κ3) is 3.90. The van der Waals surface area contributed by atoms with Crippen molar-refractivity contribution in [2.45, 2.75) is 18.8 Å². The number of alkyl halides is 3. The molecule has 1 aromatic heterocycles. The van der Waals surface area contributed by atoms with Crippen LogP contribution in [0.25, 0.3) is 0 Å². The predicted molar refractivity (Wildman–Crippen MR) is 106 cm³/mol. The maximum Gasteiger partial charge on any atom is 0.416 e. The van der Waals surface area contributed by atoms with Gasteiger partial charge in [0.15, 0.2) is 0 Å². The van der Waals surface area contributed by atoms with Gasteiger partial charge in [0.05, 0.1) is 41.7 Å². The minimum Gasteiger partial charge on any atom is -0.327 e. The molecule has 0 spiro atoms. The molecule has 0 fully saturated rings. The summed E-state index contributed by atoms with van der Waals surface area (Å²) in [6, 6.07) is 8.58. The minimum absolute atomic E-state index is 0.198. The predicted octanol–water partition coefficient (Wildman–Crippen LogP) is 3.65. The molecule has 4 rings (SSSR count). The molecule has 2 aliphatic heterocycles. The zero-order valence-electron chi connectivity index (χ0n) is 16.4. The summed E-state index contributed by atoms with van der Waals surface area (Å²) in [5.74, 6) is -0.292. The van der Waals surface area contributed by atoms with Crippen LogP contribution in [0.15, 0.2) is 72.6 Å². The van der Waals surface area contributed by atoms with Gasteiger partial charge in [-0.15, -0.1) is 6.58 Å². The number of nitrogens with one attached hydrogen (secondary N) is 1. The van der Waals surface area contributed by atoms with Crippen molar-refractivity contribution in [2.24, 2.45) is 0 Å². The minimum atomic E-state index is -4.47. The Bertz CT molecular complexity index is 1050. The van der Waals surface area contributed by atoms with Gasteiger partial charge >= 0.3 is 12.2 Å². The highest BCUT2D eigenvalue weighted by Crippen LogP contribution is 2.38. The normalized spacial score (nSPS) is 18.9. The number of carbonyl (C=O) groups excluding carboxylic acids is 2. The van der Waals surface area contributed by atoms with E-state index in [2.05, 4.69) is 16.9 Å². The number of urea groups is 1. The summed E-state index contributed by atoms with van der Waals surface area (Å²) in [6.45, 7) is 4.31.